The van der Waals surface area contributed by atoms with Crippen LogP contribution in [-0.4, -0.2) is 31.2 Å². The van der Waals surface area contributed by atoms with Crippen LogP contribution in [0.15, 0.2) is 41.4 Å². The van der Waals surface area contributed by atoms with Gasteiger partial charge in [0, 0.05) is 12.6 Å². The zero-order valence-corrected chi connectivity index (χ0v) is 17.2. The van der Waals surface area contributed by atoms with Gasteiger partial charge in [0.1, 0.15) is 0 Å². The topological polar surface area (TPSA) is 67.8 Å². The molecule has 156 valence electrons. The molecule has 0 radical (unpaired) electrons. The van der Waals surface area contributed by atoms with Crippen LogP contribution in [0, 0.1) is 11.7 Å². The molecule has 1 heterocycles. The maximum Gasteiger partial charge on any atom is 0.213 e. The summed E-state index contributed by atoms with van der Waals surface area (Å²) in [7, 11) is 1.59. The molecule has 1 aromatic heterocycles. The van der Waals surface area contributed by atoms with E-state index in [9.17, 15) is 4.39 Å². The summed E-state index contributed by atoms with van der Waals surface area (Å²) in [5.41, 5.74) is 1.63. The number of ether oxygens (including phenoxy) is 2. The fourth-order valence-electron chi connectivity index (χ4n) is 2.82. The van der Waals surface area contributed by atoms with E-state index < -0.39 is 0 Å². The summed E-state index contributed by atoms with van der Waals surface area (Å²) in [6.07, 6.45) is 2.36. The van der Waals surface area contributed by atoms with Gasteiger partial charge in [-0.2, -0.15) is 0 Å². The number of rotatable bonds is 9. The standard InChI is InChI=1S/C22H29FN4O2/c1-4-24-22(25-13-18-6-5-7-21(27-18)28-3)26-15(2)17-10-11-20(19(23)12-17)29-14-16-8-9-16/h5-7,10-12,15-16H,4,8-9,13-14H2,1-3H3,(H2,24,25,26). The van der Waals surface area contributed by atoms with Gasteiger partial charge in [0.15, 0.2) is 17.5 Å². The van der Waals surface area contributed by atoms with Gasteiger partial charge < -0.3 is 20.1 Å². The summed E-state index contributed by atoms with van der Waals surface area (Å²) in [6.45, 7) is 5.68. The lowest BCUT2D eigenvalue weighted by atomic mass is 10.1. The lowest BCUT2D eigenvalue weighted by molar-refractivity contribution is 0.285. The van der Waals surface area contributed by atoms with Crippen molar-refractivity contribution in [2.24, 2.45) is 10.9 Å². The summed E-state index contributed by atoms with van der Waals surface area (Å²) in [6, 6.07) is 10.6. The van der Waals surface area contributed by atoms with Gasteiger partial charge in [0.25, 0.3) is 0 Å². The number of methoxy groups -OCH3 is 1. The van der Waals surface area contributed by atoms with Crippen LogP contribution in [0.3, 0.4) is 0 Å². The molecule has 0 bridgehead atoms. The first-order valence-electron chi connectivity index (χ1n) is 10.1. The lowest BCUT2D eigenvalue weighted by Gasteiger charge is -2.19. The Labute approximate surface area is 171 Å². The Hall–Kier alpha value is -2.83. The third-order valence-corrected chi connectivity index (χ3v) is 4.71. The van der Waals surface area contributed by atoms with Crippen LogP contribution < -0.4 is 20.1 Å². The normalized spacial score (nSPS) is 15.0. The van der Waals surface area contributed by atoms with Gasteiger partial charge in [-0.25, -0.2) is 14.4 Å². The van der Waals surface area contributed by atoms with Crippen molar-refractivity contribution in [2.75, 3.05) is 20.3 Å². The summed E-state index contributed by atoms with van der Waals surface area (Å²) >= 11 is 0. The van der Waals surface area contributed by atoms with E-state index >= 15 is 0 Å². The maximum absolute atomic E-state index is 14.4. The Morgan fingerprint density at radius 1 is 1.31 bits per heavy atom. The van der Waals surface area contributed by atoms with Crippen molar-refractivity contribution in [3.05, 3.63) is 53.5 Å². The molecule has 1 aliphatic rings. The highest BCUT2D eigenvalue weighted by Gasteiger charge is 2.22. The maximum atomic E-state index is 14.4. The van der Waals surface area contributed by atoms with Crippen LogP contribution in [0.2, 0.25) is 0 Å². The molecule has 1 aliphatic carbocycles. The van der Waals surface area contributed by atoms with Crippen molar-refractivity contribution in [3.63, 3.8) is 0 Å². The molecule has 2 N–H and O–H groups in total. The smallest absolute Gasteiger partial charge is 0.213 e. The first-order valence-corrected chi connectivity index (χ1v) is 10.1. The van der Waals surface area contributed by atoms with E-state index in [2.05, 4.69) is 20.6 Å². The molecule has 0 amide bonds. The van der Waals surface area contributed by atoms with Crippen LogP contribution in [-0.2, 0) is 6.54 Å². The third-order valence-electron chi connectivity index (χ3n) is 4.71. The Kier molecular flexibility index (Phi) is 7.27. The fraction of sp³-hybridized carbons (Fsp3) is 0.455. The number of aliphatic imine (C=N–C) groups is 1. The van der Waals surface area contributed by atoms with Gasteiger partial charge in [-0.1, -0.05) is 12.1 Å². The number of halogens is 1. The van der Waals surface area contributed by atoms with E-state index in [4.69, 9.17) is 9.47 Å². The predicted molar refractivity (Wildman–Crippen MR) is 112 cm³/mol. The molecule has 0 spiro atoms. The van der Waals surface area contributed by atoms with Crippen molar-refractivity contribution in [1.29, 1.82) is 0 Å². The molecular formula is C22H29FN4O2. The molecule has 1 fully saturated rings. The average molecular weight is 400 g/mol. The Morgan fingerprint density at radius 2 is 2.14 bits per heavy atom. The van der Waals surface area contributed by atoms with Gasteiger partial charge in [-0.15, -0.1) is 0 Å². The fourth-order valence-corrected chi connectivity index (χ4v) is 2.82. The zero-order chi connectivity index (χ0) is 20.6. The largest absolute Gasteiger partial charge is 0.490 e. The highest BCUT2D eigenvalue weighted by atomic mass is 19.1. The van der Waals surface area contributed by atoms with Crippen LogP contribution in [0.5, 0.6) is 11.6 Å². The van der Waals surface area contributed by atoms with Crippen LogP contribution >= 0.6 is 0 Å². The number of nitrogens with zero attached hydrogens (tertiary/aromatic N) is 2. The Balaban J connectivity index is 1.63. The van der Waals surface area contributed by atoms with Crippen molar-refractivity contribution < 1.29 is 13.9 Å². The van der Waals surface area contributed by atoms with E-state index in [-0.39, 0.29) is 11.9 Å². The SMILES string of the molecule is CCNC(=NCc1cccc(OC)n1)NC(C)c1ccc(OCC2CC2)c(F)c1. The van der Waals surface area contributed by atoms with E-state index in [1.165, 1.54) is 18.9 Å². The van der Waals surface area contributed by atoms with Crippen molar-refractivity contribution in [3.8, 4) is 11.6 Å². The van der Waals surface area contributed by atoms with Crippen LogP contribution in [0.4, 0.5) is 4.39 Å². The number of nitrogens with one attached hydrogen (secondary N) is 2. The van der Waals surface area contributed by atoms with Gasteiger partial charge in [0.05, 0.1) is 32.0 Å². The molecule has 1 atom stereocenters. The number of hydrogen-bond donors (Lipinski definition) is 2. The minimum Gasteiger partial charge on any atom is -0.490 e. The van der Waals surface area contributed by atoms with Gasteiger partial charge in [-0.3, -0.25) is 0 Å². The molecule has 1 aromatic carbocycles. The highest BCUT2D eigenvalue weighted by Crippen LogP contribution is 2.30. The van der Waals surface area contributed by atoms with Crippen LogP contribution in [0.1, 0.15) is 44.0 Å². The van der Waals surface area contributed by atoms with Gasteiger partial charge in [-0.05, 0) is 56.4 Å². The van der Waals surface area contributed by atoms with E-state index in [0.29, 0.717) is 43.2 Å². The monoisotopic (exact) mass is 400 g/mol. The molecule has 29 heavy (non-hydrogen) atoms. The van der Waals surface area contributed by atoms with Gasteiger partial charge in [0.2, 0.25) is 5.88 Å². The lowest BCUT2D eigenvalue weighted by Crippen LogP contribution is -2.38. The predicted octanol–water partition coefficient (Wildman–Crippen LogP) is 3.83. The number of aromatic nitrogens is 1. The zero-order valence-electron chi connectivity index (χ0n) is 17.2. The quantitative estimate of drug-likeness (QED) is 0.495. The average Bonchev–Trinajstić information content (AvgIpc) is 3.56. The first kappa shape index (κ1) is 20.9. The summed E-state index contributed by atoms with van der Waals surface area (Å²) in [4.78, 5) is 8.95. The van der Waals surface area contributed by atoms with Crippen molar-refractivity contribution in [2.45, 2.75) is 39.3 Å². The third kappa shape index (κ3) is 6.34. The number of pyridine rings is 1. The molecule has 0 aliphatic heterocycles. The second-order valence-corrected chi connectivity index (χ2v) is 7.18. The van der Waals surface area contributed by atoms with Crippen molar-refractivity contribution in [1.82, 2.24) is 15.6 Å². The number of guanidine groups is 1. The molecule has 6 nitrogen and oxygen atoms in total. The van der Waals surface area contributed by atoms with Gasteiger partial charge >= 0.3 is 0 Å². The number of hydrogen-bond acceptors (Lipinski definition) is 4. The van der Waals surface area contributed by atoms with Crippen LogP contribution in [0.25, 0.3) is 0 Å². The van der Waals surface area contributed by atoms with Crippen molar-refractivity contribution >= 4 is 5.96 Å². The first-order chi connectivity index (χ1) is 14.1. The number of benzene rings is 1. The van der Waals surface area contributed by atoms with E-state index in [1.54, 1.807) is 19.2 Å². The van der Waals surface area contributed by atoms with E-state index in [1.807, 2.05) is 32.0 Å². The molecule has 0 saturated heterocycles. The molecule has 1 saturated carbocycles. The van der Waals surface area contributed by atoms with E-state index in [0.717, 1.165) is 11.3 Å². The molecule has 1 unspecified atom stereocenters. The Bertz CT molecular complexity index is 839. The summed E-state index contributed by atoms with van der Waals surface area (Å²) < 4.78 is 25.1. The second kappa shape index (κ2) is 10.1. The summed E-state index contributed by atoms with van der Waals surface area (Å²) in [5, 5.41) is 6.52. The minimum absolute atomic E-state index is 0.127. The second-order valence-electron chi connectivity index (χ2n) is 7.18. The molecular weight excluding hydrogens is 371 g/mol. The Morgan fingerprint density at radius 3 is 2.83 bits per heavy atom. The minimum atomic E-state index is -0.334. The molecule has 7 heteroatoms. The summed E-state index contributed by atoms with van der Waals surface area (Å²) in [5.74, 6) is 1.77. The molecule has 3 rings (SSSR count). The highest BCUT2D eigenvalue weighted by molar-refractivity contribution is 5.80. The molecule has 2 aromatic rings.